The molecule has 2 unspecified atom stereocenters. The van der Waals surface area contributed by atoms with Gasteiger partial charge < -0.3 is 13.8 Å². The Hall–Kier alpha value is -2.38. The number of ether oxygens (including phenoxy) is 1. The molecule has 1 aliphatic rings. The Bertz CT molecular complexity index is 912. The zero-order chi connectivity index (χ0) is 20.9. The van der Waals surface area contributed by atoms with Crippen LogP contribution in [0.25, 0.3) is 0 Å². The van der Waals surface area contributed by atoms with Crippen molar-refractivity contribution in [1.29, 1.82) is 0 Å². The fourth-order valence-electron chi connectivity index (χ4n) is 3.48. The van der Waals surface area contributed by atoms with E-state index in [1.54, 1.807) is 31.4 Å². The van der Waals surface area contributed by atoms with Crippen molar-refractivity contribution in [2.45, 2.75) is 25.3 Å². The summed E-state index contributed by atoms with van der Waals surface area (Å²) in [5.74, 6) is 0.734. The highest BCUT2D eigenvalue weighted by Gasteiger charge is 2.45. The average Bonchev–Trinajstić information content (AvgIpc) is 3.49. The van der Waals surface area contributed by atoms with Gasteiger partial charge in [-0.15, -0.1) is 0 Å². The monoisotopic (exact) mass is 417 g/mol. The van der Waals surface area contributed by atoms with E-state index in [0.717, 1.165) is 24.7 Å². The number of hydrogen-bond acceptors (Lipinski definition) is 5. The van der Waals surface area contributed by atoms with Crippen molar-refractivity contribution < 1.29 is 22.1 Å². The van der Waals surface area contributed by atoms with Crippen LogP contribution < -0.4 is 4.18 Å². The van der Waals surface area contributed by atoms with Gasteiger partial charge in [0.25, 0.3) is 0 Å². The van der Waals surface area contributed by atoms with Gasteiger partial charge in [0.2, 0.25) is 5.91 Å². The first-order valence-electron chi connectivity index (χ1n) is 9.68. The molecule has 1 saturated carbocycles. The van der Waals surface area contributed by atoms with Gasteiger partial charge in [0.15, 0.2) is 0 Å². The molecule has 7 heteroatoms. The van der Waals surface area contributed by atoms with E-state index in [-0.39, 0.29) is 17.6 Å². The highest BCUT2D eigenvalue weighted by atomic mass is 32.2. The lowest BCUT2D eigenvalue weighted by molar-refractivity contribution is -0.133. The summed E-state index contributed by atoms with van der Waals surface area (Å²) in [4.78, 5) is 15.0. The van der Waals surface area contributed by atoms with Crippen LogP contribution in [0.2, 0.25) is 0 Å². The molecule has 1 amide bonds. The predicted molar refractivity (Wildman–Crippen MR) is 111 cm³/mol. The molecule has 0 bridgehead atoms. The Morgan fingerprint density at radius 2 is 1.79 bits per heavy atom. The summed E-state index contributed by atoms with van der Waals surface area (Å²) in [7, 11) is -1.90. The lowest BCUT2D eigenvalue weighted by Gasteiger charge is -2.23. The minimum Gasteiger partial charge on any atom is -0.385 e. The molecule has 2 aromatic rings. The van der Waals surface area contributed by atoms with Crippen molar-refractivity contribution in [2.24, 2.45) is 5.92 Å². The van der Waals surface area contributed by atoms with Crippen molar-refractivity contribution in [2.75, 3.05) is 26.5 Å². The Balaban J connectivity index is 1.66. The first-order valence-corrected chi connectivity index (χ1v) is 11.5. The summed E-state index contributed by atoms with van der Waals surface area (Å²) >= 11 is 0. The van der Waals surface area contributed by atoms with Crippen LogP contribution in [0.1, 0.15) is 29.9 Å². The van der Waals surface area contributed by atoms with Gasteiger partial charge in [0.1, 0.15) is 5.75 Å². The minimum absolute atomic E-state index is 0.0211. The molecule has 156 valence electrons. The Morgan fingerprint density at radius 3 is 2.41 bits per heavy atom. The fraction of sp³-hybridized carbons (Fsp3) is 0.409. The molecular formula is C22H27NO5S. The minimum atomic E-state index is -3.56. The van der Waals surface area contributed by atoms with Crippen molar-refractivity contribution in [3.05, 3.63) is 65.7 Å². The van der Waals surface area contributed by atoms with E-state index in [2.05, 4.69) is 12.1 Å². The number of carbonyl (C=O) groups excluding carboxylic acids is 1. The first kappa shape index (κ1) is 21.3. The molecule has 0 N–H and O–H groups in total. The molecule has 0 aliphatic heterocycles. The normalized spacial score (nSPS) is 18.3. The number of hydrogen-bond donors (Lipinski definition) is 0. The van der Waals surface area contributed by atoms with Crippen LogP contribution in [0.15, 0.2) is 54.6 Å². The Kier molecular flexibility index (Phi) is 6.92. The van der Waals surface area contributed by atoms with E-state index in [1.165, 1.54) is 5.56 Å². The maximum absolute atomic E-state index is 13.1. The van der Waals surface area contributed by atoms with Gasteiger partial charge in [0, 0.05) is 32.7 Å². The van der Waals surface area contributed by atoms with Crippen LogP contribution in [0, 0.1) is 5.92 Å². The van der Waals surface area contributed by atoms with Gasteiger partial charge in [0.05, 0.1) is 6.26 Å². The third kappa shape index (κ3) is 6.30. The third-order valence-corrected chi connectivity index (χ3v) is 5.46. The van der Waals surface area contributed by atoms with Crippen LogP contribution in [-0.2, 0) is 26.2 Å². The number of nitrogens with zero attached hydrogens (tertiary/aromatic N) is 1. The topological polar surface area (TPSA) is 72.9 Å². The number of carbonyl (C=O) groups is 1. The van der Waals surface area contributed by atoms with Crippen molar-refractivity contribution in [3.8, 4) is 5.75 Å². The standard InChI is InChI=1S/C22H27NO5S/c1-27-14-6-13-23(16-17-9-11-19(12-10-17)28-29(2,25)26)22(24)21-15-20(21)18-7-4-3-5-8-18/h3-5,7-12,20-21H,6,13-16H2,1-2H3. The number of amides is 1. The van der Waals surface area contributed by atoms with E-state index in [0.29, 0.717) is 25.6 Å². The van der Waals surface area contributed by atoms with Crippen molar-refractivity contribution in [3.63, 3.8) is 0 Å². The zero-order valence-corrected chi connectivity index (χ0v) is 17.6. The maximum atomic E-state index is 13.1. The molecule has 0 radical (unpaired) electrons. The van der Waals surface area contributed by atoms with Crippen LogP contribution in [0.3, 0.4) is 0 Å². The summed E-state index contributed by atoms with van der Waals surface area (Å²) in [6.45, 7) is 1.68. The van der Waals surface area contributed by atoms with Gasteiger partial charge >= 0.3 is 10.1 Å². The van der Waals surface area contributed by atoms with E-state index in [4.69, 9.17) is 8.92 Å². The Labute approximate surface area is 172 Å². The lowest BCUT2D eigenvalue weighted by Crippen LogP contribution is -2.33. The molecule has 1 aliphatic carbocycles. The molecule has 2 atom stereocenters. The first-order chi connectivity index (χ1) is 13.9. The summed E-state index contributed by atoms with van der Waals surface area (Å²) in [5.41, 5.74) is 2.14. The Morgan fingerprint density at radius 1 is 1.10 bits per heavy atom. The highest BCUT2D eigenvalue weighted by Crippen LogP contribution is 2.48. The fourth-order valence-corrected chi connectivity index (χ4v) is 3.94. The zero-order valence-electron chi connectivity index (χ0n) is 16.8. The van der Waals surface area contributed by atoms with Crippen LogP contribution >= 0.6 is 0 Å². The van der Waals surface area contributed by atoms with Gasteiger partial charge in [-0.3, -0.25) is 4.79 Å². The number of methoxy groups -OCH3 is 1. The van der Waals surface area contributed by atoms with Crippen LogP contribution in [0.5, 0.6) is 5.75 Å². The molecule has 0 spiro atoms. The van der Waals surface area contributed by atoms with E-state index in [9.17, 15) is 13.2 Å². The van der Waals surface area contributed by atoms with E-state index in [1.807, 2.05) is 23.1 Å². The summed E-state index contributed by atoms with van der Waals surface area (Å²) in [6.07, 6.45) is 2.65. The molecule has 1 fully saturated rings. The third-order valence-electron chi connectivity index (χ3n) is 4.97. The maximum Gasteiger partial charge on any atom is 0.306 e. The van der Waals surface area contributed by atoms with Gasteiger partial charge in [-0.2, -0.15) is 8.42 Å². The summed E-state index contributed by atoms with van der Waals surface area (Å²) in [6, 6.07) is 16.9. The second-order valence-electron chi connectivity index (χ2n) is 7.40. The van der Waals surface area contributed by atoms with Crippen molar-refractivity contribution in [1.82, 2.24) is 4.90 Å². The van der Waals surface area contributed by atoms with Crippen LogP contribution in [-0.4, -0.2) is 45.7 Å². The summed E-state index contributed by atoms with van der Waals surface area (Å²) < 4.78 is 32.5. The molecule has 6 nitrogen and oxygen atoms in total. The van der Waals surface area contributed by atoms with Crippen LogP contribution in [0.4, 0.5) is 0 Å². The highest BCUT2D eigenvalue weighted by molar-refractivity contribution is 7.86. The quantitative estimate of drug-likeness (QED) is 0.438. The average molecular weight is 418 g/mol. The van der Waals surface area contributed by atoms with E-state index < -0.39 is 10.1 Å². The number of benzene rings is 2. The van der Waals surface area contributed by atoms with Gasteiger partial charge in [-0.1, -0.05) is 42.5 Å². The van der Waals surface area contributed by atoms with Crippen molar-refractivity contribution >= 4 is 16.0 Å². The molecule has 0 heterocycles. The largest absolute Gasteiger partial charge is 0.385 e. The predicted octanol–water partition coefficient (Wildman–Crippen LogP) is 3.19. The molecule has 29 heavy (non-hydrogen) atoms. The van der Waals surface area contributed by atoms with Gasteiger partial charge in [-0.25, -0.2) is 0 Å². The van der Waals surface area contributed by atoms with E-state index >= 15 is 0 Å². The smallest absolute Gasteiger partial charge is 0.306 e. The molecule has 0 aromatic heterocycles. The molecule has 0 saturated heterocycles. The SMILES string of the molecule is COCCCN(Cc1ccc(OS(C)(=O)=O)cc1)C(=O)C1CC1c1ccccc1. The second kappa shape index (κ2) is 9.41. The molecule has 2 aromatic carbocycles. The number of rotatable bonds is 10. The molecule has 3 rings (SSSR count). The van der Waals surface area contributed by atoms with Gasteiger partial charge in [-0.05, 0) is 42.0 Å². The second-order valence-corrected chi connectivity index (χ2v) is 8.97. The summed E-state index contributed by atoms with van der Waals surface area (Å²) in [5, 5.41) is 0. The molecular weight excluding hydrogens is 390 g/mol. The lowest BCUT2D eigenvalue weighted by atomic mass is 10.1.